The van der Waals surface area contributed by atoms with E-state index < -0.39 is 0 Å². The highest BCUT2D eigenvalue weighted by atomic mass is 35.5. The van der Waals surface area contributed by atoms with Crippen LogP contribution in [0.1, 0.15) is 5.56 Å². The van der Waals surface area contributed by atoms with Crippen molar-refractivity contribution < 1.29 is 17.1 Å². The fraction of sp³-hybridized carbons (Fsp3) is 0.333. The Balaban J connectivity index is 0.00000144. The first-order chi connectivity index (χ1) is 5.75. The highest BCUT2D eigenvalue weighted by Gasteiger charge is 2.02. The number of hydrogen-bond acceptors (Lipinski definition) is 2. The Bertz CT molecular complexity index is 246. The maximum absolute atomic E-state index is 5.90. The third-order valence-corrected chi connectivity index (χ3v) is 1.83. The number of hydrogen-bond donors (Lipinski definition) is 1. The van der Waals surface area contributed by atoms with Gasteiger partial charge in [-0.25, -0.2) is 0 Å². The summed E-state index contributed by atoms with van der Waals surface area (Å²) in [6.07, 6.45) is 0. The Labute approximate surface area is 89.4 Å². The van der Waals surface area contributed by atoms with Gasteiger partial charge in [-0.15, -0.1) is 0 Å². The lowest BCUT2D eigenvalue weighted by Gasteiger charge is -2.08. The molecule has 4 heteroatoms. The third-order valence-electron chi connectivity index (χ3n) is 1.53. The van der Waals surface area contributed by atoms with Gasteiger partial charge in [0.2, 0.25) is 0 Å². The highest BCUT2D eigenvalue weighted by Crippen LogP contribution is 2.27. The zero-order chi connectivity index (χ0) is 8.97. The van der Waals surface area contributed by atoms with Crippen LogP contribution in [-0.4, -0.2) is 13.2 Å². The zero-order valence-electron chi connectivity index (χ0n) is 7.39. The molecule has 0 radical (unpaired) electrons. The Hall–Kier alpha value is -0.440. The largest absolute Gasteiger partial charge is 1.00 e. The van der Waals surface area contributed by atoms with Crippen LogP contribution >= 0.6 is 11.6 Å². The van der Waals surface area contributed by atoms with Gasteiger partial charge in [0, 0.05) is 6.54 Å². The van der Waals surface area contributed by atoms with E-state index in [1.807, 2.05) is 19.1 Å². The van der Waals surface area contributed by atoms with E-state index in [1.54, 1.807) is 6.07 Å². The molecule has 0 saturated carbocycles. The van der Waals surface area contributed by atoms with Crippen molar-refractivity contribution in [1.29, 1.82) is 0 Å². The number of aryl methyl sites for hydroxylation is 1. The summed E-state index contributed by atoms with van der Waals surface area (Å²) in [4.78, 5) is 0. The number of ether oxygens (including phenoxy) is 1. The van der Waals surface area contributed by atoms with E-state index in [2.05, 4.69) is 0 Å². The number of halogens is 2. The fourth-order valence-corrected chi connectivity index (χ4v) is 1.24. The van der Waals surface area contributed by atoms with Gasteiger partial charge < -0.3 is 22.9 Å². The van der Waals surface area contributed by atoms with Gasteiger partial charge in [0.05, 0.1) is 5.02 Å². The normalized spacial score (nSPS) is 9.15. The summed E-state index contributed by atoms with van der Waals surface area (Å²) >= 11 is 5.90. The van der Waals surface area contributed by atoms with Gasteiger partial charge in [0.1, 0.15) is 12.4 Å². The predicted molar refractivity (Wildman–Crippen MR) is 50.7 cm³/mol. The molecule has 1 aromatic carbocycles. The van der Waals surface area contributed by atoms with E-state index in [0.29, 0.717) is 18.2 Å². The van der Waals surface area contributed by atoms with Crippen molar-refractivity contribution in [3.63, 3.8) is 0 Å². The molecule has 0 aromatic heterocycles. The summed E-state index contributed by atoms with van der Waals surface area (Å²) in [5, 5.41) is 0.642. The molecule has 0 bridgehead atoms. The van der Waals surface area contributed by atoms with E-state index in [4.69, 9.17) is 22.1 Å². The summed E-state index contributed by atoms with van der Waals surface area (Å²) in [7, 11) is 0. The van der Waals surface area contributed by atoms with Crippen LogP contribution in [0.3, 0.4) is 0 Å². The van der Waals surface area contributed by atoms with E-state index in [-0.39, 0.29) is 12.4 Å². The molecule has 0 aliphatic rings. The summed E-state index contributed by atoms with van der Waals surface area (Å²) < 4.78 is 5.36. The van der Waals surface area contributed by atoms with Crippen LogP contribution in [-0.2, 0) is 0 Å². The second kappa shape index (κ2) is 6.08. The minimum Gasteiger partial charge on any atom is -1.00 e. The summed E-state index contributed by atoms with van der Waals surface area (Å²) in [5.41, 5.74) is 6.35. The summed E-state index contributed by atoms with van der Waals surface area (Å²) in [6, 6.07) is 5.66. The second-order valence-electron chi connectivity index (χ2n) is 2.52. The van der Waals surface area contributed by atoms with E-state index in [0.717, 1.165) is 11.3 Å². The smallest absolute Gasteiger partial charge is 0.140 e. The van der Waals surface area contributed by atoms with E-state index >= 15 is 0 Å². The van der Waals surface area contributed by atoms with Crippen molar-refractivity contribution in [2.75, 3.05) is 13.2 Å². The van der Waals surface area contributed by atoms with Gasteiger partial charge in [0.25, 0.3) is 0 Å². The van der Waals surface area contributed by atoms with Crippen molar-refractivity contribution in [1.82, 2.24) is 0 Å². The van der Waals surface area contributed by atoms with Gasteiger partial charge in [-0.3, -0.25) is 0 Å². The molecular weight excluding hydrogens is 209 g/mol. The Kier molecular flexibility index (Phi) is 5.88. The summed E-state index contributed by atoms with van der Waals surface area (Å²) in [5.74, 6) is 0.740. The van der Waals surface area contributed by atoms with Crippen LogP contribution in [0.5, 0.6) is 5.75 Å². The fourth-order valence-electron chi connectivity index (χ4n) is 0.960. The molecule has 0 spiro atoms. The average Bonchev–Trinajstić information content (AvgIpc) is 2.04. The Morgan fingerprint density at radius 2 is 2.15 bits per heavy atom. The van der Waals surface area contributed by atoms with Gasteiger partial charge in [-0.1, -0.05) is 23.7 Å². The Morgan fingerprint density at radius 3 is 2.69 bits per heavy atom. The molecule has 0 fully saturated rings. The van der Waals surface area contributed by atoms with Gasteiger partial charge in [-0.05, 0) is 18.6 Å². The first kappa shape index (κ1) is 12.6. The second-order valence-corrected chi connectivity index (χ2v) is 2.93. The maximum atomic E-state index is 5.90. The van der Waals surface area contributed by atoms with Crippen molar-refractivity contribution in [3.8, 4) is 5.75 Å². The quantitative estimate of drug-likeness (QED) is 0.709. The minimum absolute atomic E-state index is 0. The first-order valence-electron chi connectivity index (χ1n) is 3.83. The van der Waals surface area contributed by atoms with Crippen LogP contribution in [0.4, 0.5) is 0 Å². The van der Waals surface area contributed by atoms with Crippen LogP contribution in [0.2, 0.25) is 5.02 Å². The number of nitrogens with two attached hydrogens (primary N) is 1. The molecule has 2 nitrogen and oxygen atoms in total. The summed E-state index contributed by atoms with van der Waals surface area (Å²) in [6.45, 7) is 2.97. The molecule has 2 N–H and O–H groups in total. The van der Waals surface area contributed by atoms with Crippen LogP contribution in [0, 0.1) is 6.92 Å². The Morgan fingerprint density at radius 1 is 1.46 bits per heavy atom. The van der Waals surface area contributed by atoms with Crippen molar-refractivity contribution in [2.24, 2.45) is 5.73 Å². The molecule has 13 heavy (non-hydrogen) atoms. The minimum atomic E-state index is 0. The first-order valence-corrected chi connectivity index (χ1v) is 4.21. The monoisotopic (exact) mass is 220 g/mol. The standard InChI is InChI=1S/C9H12ClNO.ClH/c1-7-3-2-4-8(10)9(7)12-6-5-11;/h2-4H,5-6,11H2,1H3;1H/p-1. The molecule has 1 rings (SSSR count). The number of rotatable bonds is 3. The van der Waals surface area contributed by atoms with Crippen molar-refractivity contribution >= 4 is 11.6 Å². The molecule has 0 saturated heterocycles. The molecule has 0 aliphatic carbocycles. The molecule has 0 amide bonds. The number of benzene rings is 1. The molecule has 0 atom stereocenters. The molecule has 0 aliphatic heterocycles. The number of para-hydroxylation sites is 1. The van der Waals surface area contributed by atoms with Gasteiger partial charge >= 0.3 is 0 Å². The molecular formula is C9H12Cl2NO-. The lowest BCUT2D eigenvalue weighted by atomic mass is 10.2. The topological polar surface area (TPSA) is 35.2 Å². The highest BCUT2D eigenvalue weighted by molar-refractivity contribution is 6.32. The lowest BCUT2D eigenvalue weighted by Crippen LogP contribution is -3.00. The molecule has 1 aromatic rings. The SMILES string of the molecule is Cc1cccc(Cl)c1OCCN.[Cl-]. The molecule has 0 unspecified atom stereocenters. The molecule has 0 heterocycles. The van der Waals surface area contributed by atoms with Crippen molar-refractivity contribution in [3.05, 3.63) is 28.8 Å². The van der Waals surface area contributed by atoms with Gasteiger partial charge in [0.15, 0.2) is 0 Å². The maximum Gasteiger partial charge on any atom is 0.140 e. The van der Waals surface area contributed by atoms with Gasteiger partial charge in [-0.2, -0.15) is 0 Å². The van der Waals surface area contributed by atoms with Crippen LogP contribution in [0.15, 0.2) is 18.2 Å². The van der Waals surface area contributed by atoms with Crippen LogP contribution in [0.25, 0.3) is 0 Å². The van der Waals surface area contributed by atoms with E-state index in [9.17, 15) is 0 Å². The lowest BCUT2D eigenvalue weighted by molar-refractivity contribution is -0.00000287. The van der Waals surface area contributed by atoms with Crippen LogP contribution < -0.4 is 22.9 Å². The third kappa shape index (κ3) is 3.43. The average molecular weight is 221 g/mol. The van der Waals surface area contributed by atoms with Crippen molar-refractivity contribution in [2.45, 2.75) is 6.92 Å². The zero-order valence-corrected chi connectivity index (χ0v) is 8.90. The van der Waals surface area contributed by atoms with E-state index in [1.165, 1.54) is 0 Å². The predicted octanol–water partition coefficient (Wildman–Crippen LogP) is -1.01. The molecule has 74 valence electrons.